The number of nitrogens with zero attached hydrogens (tertiary/aromatic N) is 2. The fraction of sp³-hybridized carbons (Fsp3) is 0.222. The van der Waals surface area contributed by atoms with Gasteiger partial charge in [0.15, 0.2) is 4.34 Å². The molecule has 0 saturated carbocycles. The van der Waals surface area contributed by atoms with E-state index in [1.54, 1.807) is 23.1 Å². The second-order valence-electron chi connectivity index (χ2n) is 5.39. The molecule has 0 aliphatic rings. The maximum absolute atomic E-state index is 4.31. The molecule has 0 bridgehead atoms. The fourth-order valence-corrected chi connectivity index (χ4v) is 4.20. The predicted molar refractivity (Wildman–Crippen MR) is 95.6 cm³/mol. The molecule has 2 aromatic carbocycles. The Morgan fingerprint density at radius 2 is 1.64 bits per heavy atom. The van der Waals surface area contributed by atoms with Crippen LogP contribution in [0.15, 0.2) is 46.8 Å². The highest BCUT2D eigenvalue weighted by Gasteiger charge is 2.08. The lowest BCUT2D eigenvalue weighted by Gasteiger charge is -2.08. The van der Waals surface area contributed by atoms with Crippen molar-refractivity contribution >= 4 is 23.1 Å². The van der Waals surface area contributed by atoms with Crippen LogP contribution in [-0.4, -0.2) is 10.2 Å². The molecule has 0 saturated heterocycles. The molecular weight excluding hydrogens is 308 g/mol. The molecule has 0 unspecified atom stereocenters. The SMILES string of the molecule is Cc1cc(C)c(CSc2nnc(-c3ccccc3)s2)cc1C. The van der Waals surface area contributed by atoms with Crippen LogP contribution in [0.2, 0.25) is 0 Å². The molecule has 0 atom stereocenters. The summed E-state index contributed by atoms with van der Waals surface area (Å²) >= 11 is 3.42. The van der Waals surface area contributed by atoms with E-state index in [4.69, 9.17) is 0 Å². The van der Waals surface area contributed by atoms with Crippen LogP contribution in [-0.2, 0) is 5.75 Å². The van der Waals surface area contributed by atoms with Crippen molar-refractivity contribution in [3.63, 3.8) is 0 Å². The lowest BCUT2D eigenvalue weighted by Crippen LogP contribution is -1.91. The van der Waals surface area contributed by atoms with E-state index in [1.165, 1.54) is 22.3 Å². The van der Waals surface area contributed by atoms with Crippen molar-refractivity contribution in [2.75, 3.05) is 0 Å². The highest BCUT2D eigenvalue weighted by molar-refractivity contribution is 8.00. The number of thioether (sulfide) groups is 1. The van der Waals surface area contributed by atoms with E-state index < -0.39 is 0 Å². The fourth-order valence-electron chi connectivity index (χ4n) is 2.28. The van der Waals surface area contributed by atoms with Crippen LogP contribution in [0.4, 0.5) is 0 Å². The van der Waals surface area contributed by atoms with Crippen molar-refractivity contribution in [3.8, 4) is 10.6 Å². The second kappa shape index (κ2) is 6.63. The largest absolute Gasteiger partial charge is 0.174 e. The summed E-state index contributed by atoms with van der Waals surface area (Å²) in [4.78, 5) is 0. The first-order valence-corrected chi connectivity index (χ1v) is 9.02. The third-order valence-electron chi connectivity index (χ3n) is 3.73. The normalized spacial score (nSPS) is 10.9. The van der Waals surface area contributed by atoms with E-state index in [9.17, 15) is 0 Å². The molecule has 4 heteroatoms. The summed E-state index contributed by atoms with van der Waals surface area (Å²) in [5, 5.41) is 9.60. The average Bonchev–Trinajstić information content (AvgIpc) is 2.99. The molecular formula is C18H18N2S2. The minimum absolute atomic E-state index is 0.941. The van der Waals surface area contributed by atoms with Gasteiger partial charge >= 0.3 is 0 Å². The van der Waals surface area contributed by atoms with Gasteiger partial charge in [-0.3, -0.25) is 0 Å². The van der Waals surface area contributed by atoms with Crippen LogP contribution >= 0.6 is 23.1 Å². The van der Waals surface area contributed by atoms with Crippen LogP contribution in [0.3, 0.4) is 0 Å². The van der Waals surface area contributed by atoms with Crippen LogP contribution in [0.1, 0.15) is 22.3 Å². The molecule has 0 radical (unpaired) electrons. The Labute approximate surface area is 139 Å². The van der Waals surface area contributed by atoms with Gasteiger partial charge in [-0.25, -0.2) is 0 Å². The Hall–Kier alpha value is -1.65. The first-order valence-electron chi connectivity index (χ1n) is 7.22. The van der Waals surface area contributed by atoms with Gasteiger partial charge in [-0.1, -0.05) is 65.6 Å². The van der Waals surface area contributed by atoms with E-state index in [1.807, 2.05) is 18.2 Å². The Balaban J connectivity index is 1.73. The monoisotopic (exact) mass is 326 g/mol. The Morgan fingerprint density at radius 1 is 0.909 bits per heavy atom. The molecule has 0 fully saturated rings. The zero-order chi connectivity index (χ0) is 15.5. The molecule has 22 heavy (non-hydrogen) atoms. The maximum atomic E-state index is 4.31. The number of aromatic nitrogens is 2. The zero-order valence-corrected chi connectivity index (χ0v) is 14.6. The summed E-state index contributed by atoms with van der Waals surface area (Å²) in [6.07, 6.45) is 0. The van der Waals surface area contributed by atoms with Gasteiger partial charge in [0.2, 0.25) is 0 Å². The highest BCUT2D eigenvalue weighted by Crippen LogP contribution is 2.32. The standard InChI is InChI=1S/C18H18N2S2/c1-12-9-14(3)16(10-13(12)2)11-21-18-20-19-17(22-18)15-7-5-4-6-8-15/h4-10H,11H2,1-3H3. The Morgan fingerprint density at radius 3 is 2.41 bits per heavy atom. The van der Waals surface area contributed by atoms with Gasteiger partial charge in [-0.2, -0.15) is 0 Å². The van der Waals surface area contributed by atoms with Crippen molar-refractivity contribution in [1.82, 2.24) is 10.2 Å². The lowest BCUT2D eigenvalue weighted by molar-refractivity contribution is 1.01. The van der Waals surface area contributed by atoms with Gasteiger partial charge in [0.1, 0.15) is 5.01 Å². The van der Waals surface area contributed by atoms with Crippen molar-refractivity contribution < 1.29 is 0 Å². The Bertz CT molecular complexity index is 779. The predicted octanol–water partition coefficient (Wildman–Crippen LogP) is 5.42. The molecule has 0 spiro atoms. The molecule has 112 valence electrons. The number of hydrogen-bond acceptors (Lipinski definition) is 4. The topological polar surface area (TPSA) is 25.8 Å². The van der Waals surface area contributed by atoms with E-state index in [-0.39, 0.29) is 0 Å². The zero-order valence-electron chi connectivity index (χ0n) is 13.0. The van der Waals surface area contributed by atoms with E-state index >= 15 is 0 Å². The molecule has 1 aromatic heterocycles. The molecule has 3 rings (SSSR count). The molecule has 0 aliphatic carbocycles. The van der Waals surface area contributed by atoms with Crippen LogP contribution < -0.4 is 0 Å². The van der Waals surface area contributed by atoms with E-state index in [0.717, 1.165) is 20.7 Å². The van der Waals surface area contributed by atoms with Crippen molar-refractivity contribution in [3.05, 3.63) is 64.7 Å². The summed E-state index contributed by atoms with van der Waals surface area (Å²) in [5.74, 6) is 0.941. The van der Waals surface area contributed by atoms with Gasteiger partial charge < -0.3 is 0 Å². The summed E-state index contributed by atoms with van der Waals surface area (Å²) in [6, 6.07) is 14.8. The number of aryl methyl sites for hydroxylation is 3. The van der Waals surface area contributed by atoms with E-state index in [2.05, 4.69) is 55.2 Å². The maximum Gasteiger partial charge on any atom is 0.174 e. The lowest BCUT2D eigenvalue weighted by atomic mass is 10.0. The van der Waals surface area contributed by atoms with Gasteiger partial charge in [-0.05, 0) is 43.0 Å². The summed E-state index contributed by atoms with van der Waals surface area (Å²) in [5.41, 5.74) is 6.57. The molecule has 2 nitrogen and oxygen atoms in total. The summed E-state index contributed by atoms with van der Waals surface area (Å²) < 4.78 is 1.02. The minimum Gasteiger partial charge on any atom is -0.137 e. The number of hydrogen-bond donors (Lipinski definition) is 0. The number of rotatable bonds is 4. The third kappa shape index (κ3) is 3.39. The second-order valence-corrected chi connectivity index (χ2v) is 7.59. The average molecular weight is 326 g/mol. The van der Waals surface area contributed by atoms with Crippen LogP contribution in [0.5, 0.6) is 0 Å². The third-order valence-corrected chi connectivity index (χ3v) is 5.89. The van der Waals surface area contributed by atoms with Gasteiger partial charge in [0.05, 0.1) is 0 Å². The quantitative estimate of drug-likeness (QED) is 0.598. The molecule has 0 aliphatic heterocycles. The van der Waals surface area contributed by atoms with Gasteiger partial charge in [-0.15, -0.1) is 10.2 Å². The first-order chi connectivity index (χ1) is 10.6. The molecule has 1 heterocycles. The molecule has 3 aromatic rings. The smallest absolute Gasteiger partial charge is 0.137 e. The Kier molecular flexibility index (Phi) is 4.60. The van der Waals surface area contributed by atoms with Crippen molar-refractivity contribution in [1.29, 1.82) is 0 Å². The van der Waals surface area contributed by atoms with E-state index in [0.29, 0.717) is 0 Å². The highest BCUT2D eigenvalue weighted by atomic mass is 32.2. The van der Waals surface area contributed by atoms with Gasteiger partial charge in [0.25, 0.3) is 0 Å². The minimum atomic E-state index is 0.941. The van der Waals surface area contributed by atoms with Crippen molar-refractivity contribution in [2.45, 2.75) is 30.9 Å². The first kappa shape index (κ1) is 15.3. The summed E-state index contributed by atoms with van der Waals surface area (Å²) in [6.45, 7) is 6.51. The van der Waals surface area contributed by atoms with Crippen molar-refractivity contribution in [2.24, 2.45) is 0 Å². The number of benzene rings is 2. The van der Waals surface area contributed by atoms with Crippen LogP contribution in [0, 0.1) is 20.8 Å². The summed E-state index contributed by atoms with van der Waals surface area (Å²) in [7, 11) is 0. The van der Waals surface area contributed by atoms with Gasteiger partial charge in [0, 0.05) is 11.3 Å². The molecule has 0 N–H and O–H groups in total. The molecule has 0 amide bonds. The van der Waals surface area contributed by atoms with Crippen LogP contribution in [0.25, 0.3) is 10.6 Å².